The minimum atomic E-state index is -0.693. The van der Waals surface area contributed by atoms with E-state index in [-0.39, 0.29) is 30.3 Å². The summed E-state index contributed by atoms with van der Waals surface area (Å²) in [6.07, 6.45) is 1.82. The van der Waals surface area contributed by atoms with Gasteiger partial charge in [0.25, 0.3) is 0 Å². The van der Waals surface area contributed by atoms with Crippen LogP contribution in [-0.4, -0.2) is 36.0 Å². The molecular weight excluding hydrogens is 184 g/mol. The first-order valence-corrected chi connectivity index (χ1v) is 5.13. The monoisotopic (exact) mass is 200 g/mol. The number of hydrogen-bond donors (Lipinski definition) is 2. The molecule has 0 bridgehead atoms. The molecule has 2 rings (SSSR count). The summed E-state index contributed by atoms with van der Waals surface area (Å²) in [6.45, 7) is 0.488. The molecule has 1 heterocycles. The Morgan fingerprint density at radius 3 is 2.79 bits per heavy atom. The predicted molar refractivity (Wildman–Crippen MR) is 48.3 cm³/mol. The second kappa shape index (κ2) is 3.96. The summed E-state index contributed by atoms with van der Waals surface area (Å²) in [7, 11) is 0. The van der Waals surface area contributed by atoms with E-state index in [9.17, 15) is 15.0 Å². The predicted octanol–water partition coefficient (Wildman–Crippen LogP) is -0.215. The molecule has 0 amide bonds. The summed E-state index contributed by atoms with van der Waals surface area (Å²) in [5, 5.41) is 18.7. The Morgan fingerprint density at radius 1 is 1.36 bits per heavy atom. The van der Waals surface area contributed by atoms with Gasteiger partial charge in [0.15, 0.2) is 6.29 Å². The molecule has 1 saturated heterocycles. The molecule has 4 nitrogen and oxygen atoms in total. The minimum Gasteiger partial charge on any atom is -0.396 e. The number of fused-ring (bicyclic) bond motifs is 1. The van der Waals surface area contributed by atoms with Crippen LogP contribution in [0.4, 0.5) is 0 Å². The van der Waals surface area contributed by atoms with E-state index in [0.29, 0.717) is 6.61 Å². The van der Waals surface area contributed by atoms with Gasteiger partial charge in [-0.25, -0.2) is 0 Å². The second-order valence-corrected chi connectivity index (χ2v) is 4.28. The second-order valence-electron chi connectivity index (χ2n) is 4.28. The summed E-state index contributed by atoms with van der Waals surface area (Å²) >= 11 is 0. The Morgan fingerprint density at radius 2 is 2.14 bits per heavy atom. The highest BCUT2D eigenvalue weighted by molar-refractivity contribution is 5.54. The van der Waals surface area contributed by atoms with Crippen molar-refractivity contribution < 1.29 is 19.7 Å². The Labute approximate surface area is 82.9 Å². The van der Waals surface area contributed by atoms with E-state index in [1.807, 2.05) is 0 Å². The van der Waals surface area contributed by atoms with Crippen LogP contribution in [0.3, 0.4) is 0 Å². The van der Waals surface area contributed by atoms with Crippen LogP contribution in [0.1, 0.15) is 12.8 Å². The van der Waals surface area contributed by atoms with Crippen LogP contribution < -0.4 is 0 Å². The number of aliphatic hydroxyl groups is 2. The molecule has 2 aliphatic rings. The lowest BCUT2D eigenvalue weighted by Crippen LogP contribution is -2.38. The zero-order chi connectivity index (χ0) is 10.1. The van der Waals surface area contributed by atoms with Crippen molar-refractivity contribution in [3.05, 3.63) is 0 Å². The first-order chi connectivity index (χ1) is 6.77. The fourth-order valence-corrected chi connectivity index (χ4v) is 2.82. The standard InChI is InChI=1S/C10H16O4/c11-3-6-1-2-7-9(8(6)4-12)5-14-10(7)13/h3,6-10,12-13H,1-2,4-5H2/t6-,7-,8+,9-,10?/m1/s1. The molecule has 14 heavy (non-hydrogen) atoms. The number of carbonyl (C=O) groups is 1. The maximum Gasteiger partial charge on any atom is 0.157 e. The summed E-state index contributed by atoms with van der Waals surface area (Å²) in [4.78, 5) is 10.8. The van der Waals surface area contributed by atoms with Gasteiger partial charge in [0, 0.05) is 18.4 Å². The van der Waals surface area contributed by atoms with Crippen LogP contribution >= 0.6 is 0 Å². The third-order valence-corrected chi connectivity index (χ3v) is 3.69. The van der Waals surface area contributed by atoms with Crippen molar-refractivity contribution in [3.8, 4) is 0 Å². The molecule has 1 unspecified atom stereocenters. The molecule has 2 N–H and O–H groups in total. The third kappa shape index (κ3) is 1.47. The van der Waals surface area contributed by atoms with Crippen molar-refractivity contribution in [1.82, 2.24) is 0 Å². The van der Waals surface area contributed by atoms with Gasteiger partial charge in [-0.3, -0.25) is 0 Å². The zero-order valence-electron chi connectivity index (χ0n) is 8.00. The van der Waals surface area contributed by atoms with Gasteiger partial charge < -0.3 is 19.7 Å². The molecule has 1 saturated carbocycles. The molecule has 2 fully saturated rings. The van der Waals surface area contributed by atoms with E-state index in [4.69, 9.17) is 4.74 Å². The van der Waals surface area contributed by atoms with Gasteiger partial charge in [-0.15, -0.1) is 0 Å². The highest BCUT2D eigenvalue weighted by Gasteiger charge is 2.46. The lowest BCUT2D eigenvalue weighted by molar-refractivity contribution is -0.117. The molecule has 1 aliphatic carbocycles. The van der Waals surface area contributed by atoms with Gasteiger partial charge >= 0.3 is 0 Å². The van der Waals surface area contributed by atoms with Gasteiger partial charge in [-0.1, -0.05) is 0 Å². The lowest BCUT2D eigenvalue weighted by atomic mass is 9.68. The van der Waals surface area contributed by atoms with Crippen LogP contribution in [0.2, 0.25) is 0 Å². The Hall–Kier alpha value is -0.450. The summed E-state index contributed by atoms with van der Waals surface area (Å²) < 4.78 is 5.15. The van der Waals surface area contributed by atoms with Gasteiger partial charge in [-0.2, -0.15) is 0 Å². The number of hydrogen-bond acceptors (Lipinski definition) is 4. The number of aldehydes is 1. The minimum absolute atomic E-state index is 0.0145. The summed E-state index contributed by atoms with van der Waals surface area (Å²) in [6, 6.07) is 0. The number of ether oxygens (including phenoxy) is 1. The number of carbonyl (C=O) groups excluding carboxylic acids is 1. The smallest absolute Gasteiger partial charge is 0.157 e. The largest absolute Gasteiger partial charge is 0.396 e. The Bertz CT molecular complexity index is 218. The summed E-state index contributed by atoms with van der Waals surface area (Å²) in [5.41, 5.74) is 0. The van der Waals surface area contributed by atoms with Gasteiger partial charge in [0.1, 0.15) is 6.29 Å². The summed E-state index contributed by atoms with van der Waals surface area (Å²) in [5.74, 6) is 0.181. The lowest BCUT2D eigenvalue weighted by Gasteiger charge is -2.35. The number of aliphatic hydroxyl groups excluding tert-OH is 2. The highest BCUT2D eigenvalue weighted by Crippen LogP contribution is 2.43. The molecule has 0 spiro atoms. The van der Waals surface area contributed by atoms with Gasteiger partial charge in [-0.05, 0) is 24.7 Å². The van der Waals surface area contributed by atoms with Crippen molar-refractivity contribution in [3.63, 3.8) is 0 Å². The molecule has 4 heteroatoms. The SMILES string of the molecule is O=C[C@H]1CC[C@H]2C(O)OC[C@H]2[C@H]1CO. The van der Waals surface area contributed by atoms with Crippen LogP contribution in [-0.2, 0) is 9.53 Å². The average Bonchev–Trinajstić information content (AvgIpc) is 2.59. The van der Waals surface area contributed by atoms with Crippen molar-refractivity contribution in [2.45, 2.75) is 19.1 Å². The zero-order valence-corrected chi connectivity index (χ0v) is 8.00. The van der Waals surface area contributed by atoms with Crippen molar-refractivity contribution in [1.29, 1.82) is 0 Å². The van der Waals surface area contributed by atoms with Gasteiger partial charge in [0.05, 0.1) is 6.61 Å². The first kappa shape index (κ1) is 10.1. The van der Waals surface area contributed by atoms with Gasteiger partial charge in [0.2, 0.25) is 0 Å². The number of rotatable bonds is 2. The normalized spacial score (nSPS) is 47.4. The van der Waals surface area contributed by atoms with Crippen molar-refractivity contribution in [2.24, 2.45) is 23.7 Å². The van der Waals surface area contributed by atoms with E-state index >= 15 is 0 Å². The maximum absolute atomic E-state index is 10.8. The molecule has 1 aliphatic heterocycles. The molecule has 5 atom stereocenters. The van der Waals surface area contributed by atoms with Crippen LogP contribution in [0.15, 0.2) is 0 Å². The van der Waals surface area contributed by atoms with E-state index in [1.54, 1.807) is 0 Å². The molecule has 80 valence electrons. The third-order valence-electron chi connectivity index (χ3n) is 3.69. The van der Waals surface area contributed by atoms with Crippen molar-refractivity contribution in [2.75, 3.05) is 13.2 Å². The topological polar surface area (TPSA) is 66.8 Å². The van der Waals surface area contributed by atoms with Crippen LogP contribution in [0.25, 0.3) is 0 Å². The maximum atomic E-state index is 10.8. The van der Waals surface area contributed by atoms with Crippen LogP contribution in [0, 0.1) is 23.7 Å². The quantitative estimate of drug-likeness (QED) is 0.605. The Balaban J connectivity index is 2.12. The molecule has 0 aromatic rings. The van der Waals surface area contributed by atoms with Crippen molar-refractivity contribution >= 4 is 6.29 Å². The van der Waals surface area contributed by atoms with E-state index in [1.165, 1.54) is 0 Å². The fourth-order valence-electron chi connectivity index (χ4n) is 2.82. The van der Waals surface area contributed by atoms with Crippen LogP contribution in [0.5, 0.6) is 0 Å². The first-order valence-electron chi connectivity index (χ1n) is 5.13. The Kier molecular flexibility index (Phi) is 2.85. The molecule has 0 aromatic heterocycles. The fraction of sp³-hybridized carbons (Fsp3) is 0.900. The molecule has 0 radical (unpaired) electrons. The van der Waals surface area contributed by atoms with E-state index < -0.39 is 6.29 Å². The average molecular weight is 200 g/mol. The molecule has 0 aromatic carbocycles. The van der Waals surface area contributed by atoms with E-state index in [0.717, 1.165) is 19.1 Å². The molecular formula is C10H16O4. The van der Waals surface area contributed by atoms with E-state index in [2.05, 4.69) is 0 Å². The highest BCUT2D eigenvalue weighted by atomic mass is 16.6.